The summed E-state index contributed by atoms with van der Waals surface area (Å²) in [6.07, 6.45) is 2.37. The smallest absolute Gasteiger partial charge is 0.203 e. The maximum Gasteiger partial charge on any atom is 0.203 e. The minimum absolute atomic E-state index is 0.569. The Labute approximate surface area is 127 Å². The van der Waals surface area contributed by atoms with Crippen LogP contribution in [0.5, 0.6) is 17.2 Å². The lowest BCUT2D eigenvalue weighted by molar-refractivity contribution is 0.233. The second-order valence-electron chi connectivity index (χ2n) is 5.45. The van der Waals surface area contributed by atoms with E-state index < -0.39 is 0 Å². The van der Waals surface area contributed by atoms with Gasteiger partial charge in [0.15, 0.2) is 11.5 Å². The molecule has 1 aromatic carbocycles. The molecule has 118 valence electrons. The predicted molar refractivity (Wildman–Crippen MR) is 83.5 cm³/mol. The van der Waals surface area contributed by atoms with Crippen LogP contribution in [-0.4, -0.2) is 52.4 Å². The molecule has 0 atom stereocenters. The van der Waals surface area contributed by atoms with Crippen LogP contribution < -0.4 is 19.5 Å². The SMILES string of the molecule is COc1ccc(CNC2CCN(C)CC2)c(OC)c1OC. The van der Waals surface area contributed by atoms with Gasteiger partial charge in [0, 0.05) is 18.2 Å². The second kappa shape index (κ2) is 7.52. The summed E-state index contributed by atoms with van der Waals surface area (Å²) >= 11 is 0. The van der Waals surface area contributed by atoms with E-state index in [-0.39, 0.29) is 0 Å². The minimum atomic E-state index is 0.569. The van der Waals surface area contributed by atoms with E-state index in [1.54, 1.807) is 21.3 Å². The van der Waals surface area contributed by atoms with Crippen LogP contribution in [0.25, 0.3) is 0 Å². The molecule has 0 radical (unpaired) electrons. The van der Waals surface area contributed by atoms with Crippen molar-refractivity contribution in [3.05, 3.63) is 17.7 Å². The number of methoxy groups -OCH3 is 3. The summed E-state index contributed by atoms with van der Waals surface area (Å²) in [5, 5.41) is 3.62. The molecule has 1 saturated heterocycles. The molecular formula is C16H26N2O3. The number of hydrogen-bond acceptors (Lipinski definition) is 5. The van der Waals surface area contributed by atoms with Gasteiger partial charge in [-0.15, -0.1) is 0 Å². The fourth-order valence-corrected chi connectivity index (χ4v) is 2.77. The molecule has 21 heavy (non-hydrogen) atoms. The van der Waals surface area contributed by atoms with Crippen molar-refractivity contribution in [1.82, 2.24) is 10.2 Å². The second-order valence-corrected chi connectivity index (χ2v) is 5.45. The van der Waals surface area contributed by atoms with Crippen LogP contribution in [0, 0.1) is 0 Å². The van der Waals surface area contributed by atoms with Gasteiger partial charge in [-0.3, -0.25) is 0 Å². The third kappa shape index (κ3) is 3.80. The highest BCUT2D eigenvalue weighted by Crippen LogP contribution is 2.39. The van der Waals surface area contributed by atoms with Gasteiger partial charge in [-0.25, -0.2) is 0 Å². The Bertz CT molecular complexity index is 457. The lowest BCUT2D eigenvalue weighted by Gasteiger charge is -2.29. The molecule has 1 heterocycles. The average Bonchev–Trinajstić information content (AvgIpc) is 2.53. The third-order valence-corrected chi connectivity index (χ3v) is 4.09. The zero-order chi connectivity index (χ0) is 15.2. The Morgan fingerprint density at radius 3 is 2.29 bits per heavy atom. The first-order valence-electron chi connectivity index (χ1n) is 7.39. The van der Waals surface area contributed by atoms with Crippen molar-refractivity contribution < 1.29 is 14.2 Å². The van der Waals surface area contributed by atoms with Crippen LogP contribution in [0.3, 0.4) is 0 Å². The lowest BCUT2D eigenvalue weighted by Crippen LogP contribution is -2.40. The van der Waals surface area contributed by atoms with Crippen molar-refractivity contribution in [3.8, 4) is 17.2 Å². The molecule has 0 saturated carbocycles. The maximum atomic E-state index is 5.51. The quantitative estimate of drug-likeness (QED) is 0.868. The van der Waals surface area contributed by atoms with Gasteiger partial charge >= 0.3 is 0 Å². The summed E-state index contributed by atoms with van der Waals surface area (Å²) in [6, 6.07) is 4.52. The van der Waals surface area contributed by atoms with E-state index in [0.29, 0.717) is 17.5 Å². The first kappa shape index (κ1) is 15.9. The van der Waals surface area contributed by atoms with Crippen LogP contribution in [0.15, 0.2) is 12.1 Å². The molecule has 1 N–H and O–H groups in total. The van der Waals surface area contributed by atoms with Crippen molar-refractivity contribution in [1.29, 1.82) is 0 Å². The summed E-state index contributed by atoms with van der Waals surface area (Å²) in [4.78, 5) is 2.37. The molecule has 0 amide bonds. The molecule has 0 bridgehead atoms. The molecule has 1 fully saturated rings. The number of benzene rings is 1. The summed E-state index contributed by atoms with van der Waals surface area (Å²) in [5.74, 6) is 2.09. The number of likely N-dealkylation sites (tertiary alicyclic amines) is 1. The topological polar surface area (TPSA) is 43.0 Å². The fourth-order valence-electron chi connectivity index (χ4n) is 2.77. The van der Waals surface area contributed by atoms with Crippen molar-refractivity contribution in [3.63, 3.8) is 0 Å². The van der Waals surface area contributed by atoms with Gasteiger partial charge in [-0.1, -0.05) is 6.07 Å². The van der Waals surface area contributed by atoms with Crippen molar-refractivity contribution >= 4 is 0 Å². The van der Waals surface area contributed by atoms with E-state index in [2.05, 4.69) is 17.3 Å². The maximum absolute atomic E-state index is 5.51. The van der Waals surface area contributed by atoms with Crippen LogP contribution in [0.4, 0.5) is 0 Å². The van der Waals surface area contributed by atoms with Crippen LogP contribution in [0.1, 0.15) is 18.4 Å². The van der Waals surface area contributed by atoms with Gasteiger partial charge in [-0.2, -0.15) is 0 Å². The lowest BCUT2D eigenvalue weighted by atomic mass is 10.0. The molecule has 0 unspecified atom stereocenters. The molecule has 5 heteroatoms. The minimum Gasteiger partial charge on any atom is -0.493 e. The number of nitrogens with one attached hydrogen (secondary N) is 1. The number of ether oxygens (including phenoxy) is 3. The van der Waals surface area contributed by atoms with E-state index in [1.807, 2.05) is 12.1 Å². The highest BCUT2D eigenvalue weighted by Gasteiger charge is 2.19. The van der Waals surface area contributed by atoms with Crippen LogP contribution >= 0.6 is 0 Å². The van der Waals surface area contributed by atoms with E-state index in [1.165, 1.54) is 12.8 Å². The Kier molecular flexibility index (Phi) is 5.70. The Morgan fingerprint density at radius 2 is 1.71 bits per heavy atom. The van der Waals surface area contributed by atoms with E-state index in [9.17, 15) is 0 Å². The largest absolute Gasteiger partial charge is 0.493 e. The standard InChI is InChI=1S/C16H26N2O3/c1-18-9-7-13(8-10-18)17-11-12-5-6-14(19-2)16(21-4)15(12)20-3/h5-6,13,17H,7-11H2,1-4H3. The van der Waals surface area contributed by atoms with Gasteiger partial charge in [-0.05, 0) is 39.0 Å². The summed E-state index contributed by atoms with van der Waals surface area (Å²) < 4.78 is 16.2. The Morgan fingerprint density at radius 1 is 1.05 bits per heavy atom. The van der Waals surface area contributed by atoms with Gasteiger partial charge < -0.3 is 24.4 Å². The van der Waals surface area contributed by atoms with Crippen LogP contribution in [-0.2, 0) is 6.54 Å². The van der Waals surface area contributed by atoms with Crippen molar-refractivity contribution in [2.75, 3.05) is 41.5 Å². The molecule has 1 aromatic rings. The molecule has 2 rings (SSSR count). The Balaban J connectivity index is 2.05. The first-order chi connectivity index (χ1) is 10.2. The van der Waals surface area contributed by atoms with Gasteiger partial charge in [0.1, 0.15) is 0 Å². The zero-order valence-electron chi connectivity index (χ0n) is 13.4. The van der Waals surface area contributed by atoms with Gasteiger partial charge in [0.25, 0.3) is 0 Å². The first-order valence-corrected chi connectivity index (χ1v) is 7.39. The third-order valence-electron chi connectivity index (χ3n) is 4.09. The summed E-state index contributed by atoms with van der Waals surface area (Å²) in [6.45, 7) is 3.08. The van der Waals surface area contributed by atoms with Crippen molar-refractivity contribution in [2.24, 2.45) is 0 Å². The van der Waals surface area contributed by atoms with Crippen LogP contribution in [0.2, 0.25) is 0 Å². The molecule has 0 aromatic heterocycles. The molecular weight excluding hydrogens is 268 g/mol. The van der Waals surface area contributed by atoms with E-state index >= 15 is 0 Å². The number of rotatable bonds is 6. The summed E-state index contributed by atoms with van der Waals surface area (Å²) in [7, 11) is 7.10. The average molecular weight is 294 g/mol. The molecule has 1 aliphatic rings. The van der Waals surface area contributed by atoms with Crippen molar-refractivity contribution in [2.45, 2.75) is 25.4 Å². The molecule has 5 nitrogen and oxygen atoms in total. The number of piperidine rings is 1. The highest BCUT2D eigenvalue weighted by molar-refractivity contribution is 5.55. The zero-order valence-corrected chi connectivity index (χ0v) is 13.4. The number of hydrogen-bond donors (Lipinski definition) is 1. The normalized spacial score (nSPS) is 16.8. The fraction of sp³-hybridized carbons (Fsp3) is 0.625. The number of nitrogens with zero attached hydrogens (tertiary/aromatic N) is 1. The van der Waals surface area contributed by atoms with E-state index in [0.717, 1.165) is 30.9 Å². The molecule has 1 aliphatic heterocycles. The Hall–Kier alpha value is -1.46. The molecule has 0 aliphatic carbocycles. The van der Waals surface area contributed by atoms with Gasteiger partial charge in [0.05, 0.1) is 21.3 Å². The monoisotopic (exact) mass is 294 g/mol. The molecule has 0 spiro atoms. The predicted octanol–water partition coefficient (Wildman–Crippen LogP) is 1.90. The summed E-state index contributed by atoms with van der Waals surface area (Å²) in [5.41, 5.74) is 1.09. The van der Waals surface area contributed by atoms with E-state index in [4.69, 9.17) is 14.2 Å². The van der Waals surface area contributed by atoms with Gasteiger partial charge in [0.2, 0.25) is 5.75 Å². The highest BCUT2D eigenvalue weighted by atomic mass is 16.5.